The van der Waals surface area contributed by atoms with Crippen LogP contribution in [0.5, 0.6) is 0 Å². The van der Waals surface area contributed by atoms with E-state index >= 15 is 0 Å². The number of benzene rings is 1. The van der Waals surface area contributed by atoms with Gasteiger partial charge >= 0.3 is 0 Å². The first kappa shape index (κ1) is 9.50. The van der Waals surface area contributed by atoms with E-state index < -0.39 is 0 Å². The summed E-state index contributed by atoms with van der Waals surface area (Å²) in [5, 5.41) is 9.16. The van der Waals surface area contributed by atoms with Crippen molar-refractivity contribution in [3.8, 4) is 6.07 Å². The van der Waals surface area contributed by atoms with Crippen LogP contribution in [0.4, 0.5) is 4.39 Å². The number of thiophene rings is 1. The minimum Gasteiger partial charge on any atom is -0.206 e. The van der Waals surface area contributed by atoms with Gasteiger partial charge < -0.3 is 0 Å². The van der Waals surface area contributed by atoms with Gasteiger partial charge in [0, 0.05) is 10.1 Å². The van der Waals surface area contributed by atoms with Crippen molar-refractivity contribution in [1.29, 1.82) is 5.26 Å². The summed E-state index contributed by atoms with van der Waals surface area (Å²) in [6.45, 7) is 0. The predicted octanol–water partition coefficient (Wildman–Crippen LogP) is 3.40. The second-order valence-corrected chi connectivity index (χ2v) is 4.71. The Kier molecular flexibility index (Phi) is 2.44. The molecule has 1 aromatic carbocycles. The summed E-state index contributed by atoms with van der Waals surface area (Å²) < 4.78 is 14.9. The van der Waals surface area contributed by atoms with Gasteiger partial charge in [0.1, 0.15) is 5.82 Å². The summed E-state index contributed by atoms with van der Waals surface area (Å²) in [5.41, 5.74) is 0.870. The number of nitriles is 1. The molecule has 2 aromatic rings. The Hall–Kier alpha value is -1.05. The fourth-order valence-electron chi connectivity index (χ4n) is 1.36. The van der Waals surface area contributed by atoms with E-state index in [-0.39, 0.29) is 5.82 Å². The first-order valence-electron chi connectivity index (χ1n) is 3.99. The molecule has 0 spiro atoms. The molecule has 0 N–H and O–H groups in total. The second kappa shape index (κ2) is 3.60. The Morgan fingerprint density at radius 3 is 3.00 bits per heavy atom. The van der Waals surface area contributed by atoms with E-state index in [1.54, 1.807) is 12.1 Å². The topological polar surface area (TPSA) is 23.8 Å². The van der Waals surface area contributed by atoms with Gasteiger partial charge in [-0.25, -0.2) is 4.39 Å². The summed E-state index contributed by atoms with van der Waals surface area (Å²) in [5.74, 6) is -0.252. The van der Waals surface area contributed by atoms with Crippen molar-refractivity contribution >= 4 is 34.1 Å². The first-order chi connectivity index (χ1) is 6.72. The van der Waals surface area contributed by atoms with Crippen molar-refractivity contribution in [3.05, 3.63) is 29.6 Å². The smallest absolute Gasteiger partial charge is 0.131 e. The summed E-state index contributed by atoms with van der Waals surface area (Å²) in [6.07, 6.45) is 0.310. The maximum absolute atomic E-state index is 13.3. The van der Waals surface area contributed by atoms with Crippen LogP contribution in [0, 0.1) is 17.1 Å². The van der Waals surface area contributed by atoms with Crippen molar-refractivity contribution in [2.45, 2.75) is 10.6 Å². The zero-order valence-electron chi connectivity index (χ0n) is 7.12. The Balaban J connectivity index is 2.75. The van der Waals surface area contributed by atoms with Crippen molar-refractivity contribution < 1.29 is 4.39 Å². The zero-order valence-corrected chi connectivity index (χ0v) is 8.83. The van der Waals surface area contributed by atoms with Crippen LogP contribution in [-0.2, 0) is 6.42 Å². The summed E-state index contributed by atoms with van der Waals surface area (Å²) in [4.78, 5) is 0. The van der Waals surface area contributed by atoms with E-state index in [1.165, 1.54) is 17.4 Å². The molecular formula is C10H6FNS2. The van der Waals surface area contributed by atoms with Crippen molar-refractivity contribution in [3.63, 3.8) is 0 Å². The van der Waals surface area contributed by atoms with Crippen LogP contribution in [0.25, 0.3) is 10.1 Å². The molecule has 1 nitrogen and oxygen atoms in total. The molecule has 0 radical (unpaired) electrons. The lowest BCUT2D eigenvalue weighted by Gasteiger charge is -1.97. The summed E-state index contributed by atoms with van der Waals surface area (Å²) >= 11 is 5.58. The fraction of sp³-hybridized carbons (Fsp3) is 0.100. The zero-order chi connectivity index (χ0) is 10.1. The van der Waals surface area contributed by atoms with E-state index in [4.69, 9.17) is 5.26 Å². The van der Waals surface area contributed by atoms with Crippen molar-refractivity contribution in [1.82, 2.24) is 0 Å². The lowest BCUT2D eigenvalue weighted by Crippen LogP contribution is -1.83. The molecule has 0 aliphatic heterocycles. The Labute approximate surface area is 90.2 Å². The van der Waals surface area contributed by atoms with Gasteiger partial charge in [0.15, 0.2) is 0 Å². The van der Waals surface area contributed by atoms with E-state index in [2.05, 4.69) is 18.7 Å². The molecular weight excluding hydrogens is 217 g/mol. The quantitative estimate of drug-likeness (QED) is 0.736. The number of hydrogen-bond acceptors (Lipinski definition) is 3. The number of thiol groups is 1. The van der Waals surface area contributed by atoms with Gasteiger partial charge in [-0.1, -0.05) is 6.07 Å². The van der Waals surface area contributed by atoms with Gasteiger partial charge in [-0.2, -0.15) is 5.26 Å². The normalized spacial score (nSPS) is 10.4. The lowest BCUT2D eigenvalue weighted by molar-refractivity contribution is 0.639. The van der Waals surface area contributed by atoms with Gasteiger partial charge in [0.2, 0.25) is 0 Å². The number of fused-ring (bicyclic) bond motifs is 1. The lowest BCUT2D eigenvalue weighted by atomic mass is 10.1. The third-order valence-corrected chi connectivity index (χ3v) is 3.38. The number of halogens is 1. The standard InChI is InChI=1S/C10H6FNS2/c11-8-2-1-6(3-4-12)10-7(8)5-9(13)14-10/h1-2,5,13H,3H2. The van der Waals surface area contributed by atoms with Gasteiger partial charge in [0.05, 0.1) is 16.7 Å². The largest absolute Gasteiger partial charge is 0.206 e. The van der Waals surface area contributed by atoms with Gasteiger partial charge in [-0.15, -0.1) is 24.0 Å². The molecule has 0 amide bonds. The molecule has 0 unspecified atom stereocenters. The third kappa shape index (κ3) is 1.49. The molecule has 0 atom stereocenters. The molecule has 0 fully saturated rings. The molecule has 14 heavy (non-hydrogen) atoms. The highest BCUT2D eigenvalue weighted by Crippen LogP contribution is 2.32. The van der Waals surface area contributed by atoms with Crippen molar-refractivity contribution in [2.75, 3.05) is 0 Å². The monoisotopic (exact) mass is 223 g/mol. The molecule has 0 bridgehead atoms. The van der Waals surface area contributed by atoms with Crippen LogP contribution in [0.3, 0.4) is 0 Å². The second-order valence-electron chi connectivity index (χ2n) is 2.87. The van der Waals surface area contributed by atoms with E-state index in [1.807, 2.05) is 0 Å². The summed E-state index contributed by atoms with van der Waals surface area (Å²) in [6, 6.07) is 6.81. The Morgan fingerprint density at radius 2 is 2.29 bits per heavy atom. The predicted molar refractivity (Wildman–Crippen MR) is 58.4 cm³/mol. The highest BCUT2D eigenvalue weighted by molar-refractivity contribution is 7.83. The molecule has 0 aliphatic carbocycles. The van der Waals surface area contributed by atoms with Crippen LogP contribution in [0.15, 0.2) is 22.4 Å². The number of nitrogens with zero attached hydrogens (tertiary/aromatic N) is 1. The maximum atomic E-state index is 13.3. The van der Waals surface area contributed by atoms with Gasteiger partial charge in [-0.3, -0.25) is 0 Å². The Bertz CT molecular complexity index is 525. The van der Waals surface area contributed by atoms with E-state index in [9.17, 15) is 4.39 Å². The van der Waals surface area contributed by atoms with Crippen LogP contribution >= 0.6 is 24.0 Å². The number of rotatable bonds is 1. The first-order valence-corrected chi connectivity index (χ1v) is 5.25. The maximum Gasteiger partial charge on any atom is 0.131 e. The molecule has 70 valence electrons. The molecule has 2 rings (SSSR count). The van der Waals surface area contributed by atoms with Crippen LogP contribution in [0.2, 0.25) is 0 Å². The fourth-order valence-corrected chi connectivity index (χ4v) is 2.68. The number of hydrogen-bond donors (Lipinski definition) is 1. The molecule has 0 aliphatic rings. The minimum atomic E-state index is -0.252. The van der Waals surface area contributed by atoms with Crippen LogP contribution in [0.1, 0.15) is 5.56 Å². The third-order valence-electron chi connectivity index (χ3n) is 1.97. The van der Waals surface area contributed by atoms with Gasteiger partial charge in [0.25, 0.3) is 0 Å². The van der Waals surface area contributed by atoms with E-state index in [0.29, 0.717) is 11.8 Å². The minimum absolute atomic E-state index is 0.252. The SMILES string of the molecule is N#CCc1ccc(F)c2cc(S)sc12. The van der Waals surface area contributed by atoms with Crippen LogP contribution < -0.4 is 0 Å². The average Bonchev–Trinajstić information content (AvgIpc) is 2.53. The summed E-state index contributed by atoms with van der Waals surface area (Å²) in [7, 11) is 0. The highest BCUT2D eigenvalue weighted by atomic mass is 32.2. The highest BCUT2D eigenvalue weighted by Gasteiger charge is 2.08. The van der Waals surface area contributed by atoms with E-state index in [0.717, 1.165) is 14.5 Å². The van der Waals surface area contributed by atoms with Crippen molar-refractivity contribution in [2.24, 2.45) is 0 Å². The van der Waals surface area contributed by atoms with Gasteiger partial charge in [-0.05, 0) is 17.7 Å². The molecule has 1 heterocycles. The van der Waals surface area contributed by atoms with Crippen LogP contribution in [-0.4, -0.2) is 0 Å². The molecule has 0 saturated heterocycles. The molecule has 4 heteroatoms. The average molecular weight is 223 g/mol. The molecule has 0 saturated carbocycles. The molecule has 1 aromatic heterocycles. The Morgan fingerprint density at radius 1 is 1.50 bits per heavy atom.